The van der Waals surface area contributed by atoms with Gasteiger partial charge in [-0.05, 0) is 42.8 Å². The second kappa shape index (κ2) is 12.1. The number of hydrazone groups is 1. The number of halogens is 2. The van der Waals surface area contributed by atoms with Crippen molar-refractivity contribution in [1.29, 1.82) is 5.26 Å². The fourth-order valence-electron chi connectivity index (χ4n) is 3.39. The molecule has 0 aliphatic carbocycles. The molecule has 0 saturated heterocycles. The highest BCUT2D eigenvalue weighted by molar-refractivity contribution is 6.35. The van der Waals surface area contributed by atoms with Gasteiger partial charge in [-0.2, -0.15) is 10.4 Å². The van der Waals surface area contributed by atoms with Crippen molar-refractivity contribution in [3.8, 4) is 28.8 Å². The van der Waals surface area contributed by atoms with Crippen LogP contribution in [-0.2, 0) is 6.61 Å². The van der Waals surface area contributed by atoms with Gasteiger partial charge in [0.2, 0.25) is 5.95 Å². The molecule has 4 rings (SSSR count). The molecule has 0 fully saturated rings. The number of rotatable bonds is 9. The van der Waals surface area contributed by atoms with Crippen molar-refractivity contribution in [2.45, 2.75) is 13.5 Å². The van der Waals surface area contributed by atoms with Gasteiger partial charge in [0, 0.05) is 21.2 Å². The predicted molar refractivity (Wildman–Crippen MR) is 145 cm³/mol. The second-order valence-electron chi connectivity index (χ2n) is 7.65. The second-order valence-corrected chi connectivity index (χ2v) is 8.49. The molecule has 186 valence electrons. The van der Waals surface area contributed by atoms with Crippen LogP contribution in [0.1, 0.15) is 23.6 Å². The number of hydrogen-bond donors (Lipinski definition) is 2. The van der Waals surface area contributed by atoms with Crippen molar-refractivity contribution < 1.29 is 9.47 Å². The van der Waals surface area contributed by atoms with Gasteiger partial charge in [-0.3, -0.25) is 9.78 Å². The minimum atomic E-state index is -0.560. The van der Waals surface area contributed by atoms with E-state index in [1.54, 1.807) is 60.8 Å². The Labute approximate surface area is 223 Å². The van der Waals surface area contributed by atoms with Gasteiger partial charge in [-0.25, -0.2) is 10.4 Å². The van der Waals surface area contributed by atoms with Gasteiger partial charge < -0.3 is 9.47 Å². The van der Waals surface area contributed by atoms with Crippen molar-refractivity contribution in [2.75, 3.05) is 12.0 Å². The molecule has 0 aliphatic heterocycles. The number of benzene rings is 3. The number of nitrogens with zero attached hydrogens (tertiary/aromatic N) is 3. The summed E-state index contributed by atoms with van der Waals surface area (Å²) < 4.78 is 11.7. The third-order valence-corrected chi connectivity index (χ3v) is 5.72. The summed E-state index contributed by atoms with van der Waals surface area (Å²) in [6.07, 6.45) is 1.54. The smallest absolute Gasteiger partial charge is 0.270 e. The van der Waals surface area contributed by atoms with E-state index < -0.39 is 5.56 Å². The van der Waals surface area contributed by atoms with Gasteiger partial charge in [0.15, 0.2) is 11.5 Å². The first-order valence-corrected chi connectivity index (χ1v) is 12.0. The lowest BCUT2D eigenvalue weighted by Crippen LogP contribution is -2.16. The molecule has 8 nitrogen and oxygen atoms in total. The van der Waals surface area contributed by atoms with Crippen LogP contribution in [0.25, 0.3) is 11.3 Å². The van der Waals surface area contributed by atoms with Crippen LogP contribution in [0.2, 0.25) is 10.0 Å². The lowest BCUT2D eigenvalue weighted by Gasteiger charge is -2.13. The molecule has 2 N–H and O–H groups in total. The quantitative estimate of drug-likeness (QED) is 0.200. The van der Waals surface area contributed by atoms with Crippen molar-refractivity contribution in [3.63, 3.8) is 0 Å². The van der Waals surface area contributed by atoms with Crippen molar-refractivity contribution in [2.24, 2.45) is 5.10 Å². The molecule has 0 amide bonds. The summed E-state index contributed by atoms with van der Waals surface area (Å²) in [6, 6.07) is 21.5. The van der Waals surface area contributed by atoms with Gasteiger partial charge in [0.1, 0.15) is 18.2 Å². The molecule has 1 heterocycles. The number of aromatic nitrogens is 2. The Hall–Kier alpha value is -4.32. The monoisotopic (exact) mass is 533 g/mol. The molecular weight excluding hydrogens is 513 g/mol. The summed E-state index contributed by atoms with van der Waals surface area (Å²) in [7, 11) is 0. The fourth-order valence-corrected chi connectivity index (χ4v) is 3.85. The summed E-state index contributed by atoms with van der Waals surface area (Å²) in [4.78, 5) is 19.3. The largest absolute Gasteiger partial charge is 0.490 e. The van der Waals surface area contributed by atoms with Crippen molar-refractivity contribution in [1.82, 2.24) is 9.97 Å². The first kappa shape index (κ1) is 25.8. The summed E-state index contributed by atoms with van der Waals surface area (Å²) in [5.74, 6) is 1.18. The normalized spacial score (nSPS) is 10.8. The number of nitrogens with one attached hydrogen (secondary N) is 2. The maximum Gasteiger partial charge on any atom is 0.270 e. The van der Waals surface area contributed by atoms with E-state index in [4.69, 9.17) is 32.7 Å². The third-order valence-electron chi connectivity index (χ3n) is 5.13. The van der Waals surface area contributed by atoms with E-state index in [-0.39, 0.29) is 23.8 Å². The fraction of sp³-hybridized carbons (Fsp3) is 0.111. The Morgan fingerprint density at radius 3 is 2.62 bits per heavy atom. The Bertz CT molecular complexity index is 1530. The number of ether oxygens (including phenoxy) is 2. The molecule has 0 spiro atoms. The minimum Gasteiger partial charge on any atom is -0.490 e. The molecule has 1 aromatic heterocycles. The summed E-state index contributed by atoms with van der Waals surface area (Å²) in [5, 5.41) is 14.6. The average Bonchev–Trinajstić information content (AvgIpc) is 2.89. The SMILES string of the molecule is CCOc1cc(C=NNc2nc(-c3ccccc3)c(C#N)c(=O)[nH]2)ccc1OCc1ccc(Cl)cc1Cl. The van der Waals surface area contributed by atoms with Crippen LogP contribution in [0, 0.1) is 11.3 Å². The highest BCUT2D eigenvalue weighted by Gasteiger charge is 2.13. The first-order chi connectivity index (χ1) is 18.0. The van der Waals surface area contributed by atoms with Gasteiger partial charge >= 0.3 is 0 Å². The van der Waals surface area contributed by atoms with E-state index in [0.717, 1.165) is 5.56 Å². The van der Waals surface area contributed by atoms with Crippen molar-refractivity contribution in [3.05, 3.63) is 104 Å². The number of aromatic amines is 1. The molecule has 0 saturated carbocycles. The number of hydrogen-bond acceptors (Lipinski definition) is 7. The first-order valence-electron chi connectivity index (χ1n) is 11.2. The Morgan fingerprint density at radius 1 is 1.08 bits per heavy atom. The molecule has 0 radical (unpaired) electrons. The molecule has 0 bridgehead atoms. The minimum absolute atomic E-state index is 0.0717. The highest BCUT2D eigenvalue weighted by atomic mass is 35.5. The molecule has 37 heavy (non-hydrogen) atoms. The van der Waals surface area contributed by atoms with E-state index in [2.05, 4.69) is 20.5 Å². The van der Waals surface area contributed by atoms with Crippen LogP contribution in [-0.4, -0.2) is 22.8 Å². The predicted octanol–water partition coefficient (Wildman–Crippen LogP) is 6.04. The molecule has 0 aliphatic rings. The number of nitriles is 1. The van der Waals surface area contributed by atoms with E-state index in [0.29, 0.717) is 39.3 Å². The van der Waals surface area contributed by atoms with Gasteiger partial charge in [-0.15, -0.1) is 0 Å². The zero-order valence-electron chi connectivity index (χ0n) is 19.7. The molecule has 10 heteroatoms. The number of anilines is 1. The summed E-state index contributed by atoms with van der Waals surface area (Å²) in [6.45, 7) is 2.56. The maximum absolute atomic E-state index is 12.4. The van der Waals surface area contributed by atoms with Crippen LogP contribution in [0.15, 0.2) is 76.6 Å². The molecule has 3 aromatic carbocycles. The van der Waals surface area contributed by atoms with Gasteiger partial charge in [-0.1, -0.05) is 59.6 Å². The Kier molecular flexibility index (Phi) is 8.41. The standard InChI is InChI=1S/C27H21Cl2N5O3/c1-2-36-24-12-17(8-11-23(24)37-16-19-9-10-20(28)13-22(19)29)15-31-34-27-32-25(18-6-4-3-5-7-18)21(14-30)26(35)33-27/h3-13,15H,2,16H2,1H3,(H2,32,33,34,35). The van der Waals surface area contributed by atoms with Crippen molar-refractivity contribution >= 4 is 35.4 Å². The van der Waals surface area contributed by atoms with Crippen LogP contribution in [0.3, 0.4) is 0 Å². The number of H-pyrrole nitrogens is 1. The molecular formula is C27H21Cl2N5O3. The maximum atomic E-state index is 12.4. The Balaban J connectivity index is 1.51. The van der Waals surface area contributed by atoms with E-state index >= 15 is 0 Å². The van der Waals surface area contributed by atoms with Gasteiger partial charge in [0.25, 0.3) is 5.56 Å². The van der Waals surface area contributed by atoms with E-state index in [1.165, 1.54) is 0 Å². The van der Waals surface area contributed by atoms with Crippen LogP contribution in [0.4, 0.5) is 5.95 Å². The van der Waals surface area contributed by atoms with Crippen LogP contribution >= 0.6 is 23.2 Å². The van der Waals surface area contributed by atoms with Crippen LogP contribution in [0.5, 0.6) is 11.5 Å². The molecule has 0 atom stereocenters. The zero-order chi connectivity index (χ0) is 26.2. The van der Waals surface area contributed by atoms with E-state index in [9.17, 15) is 10.1 Å². The molecule has 0 unspecified atom stereocenters. The van der Waals surface area contributed by atoms with Gasteiger partial charge in [0.05, 0.1) is 18.5 Å². The summed E-state index contributed by atoms with van der Waals surface area (Å²) >= 11 is 12.2. The lowest BCUT2D eigenvalue weighted by atomic mass is 10.1. The van der Waals surface area contributed by atoms with E-state index in [1.807, 2.05) is 25.1 Å². The Morgan fingerprint density at radius 2 is 1.89 bits per heavy atom. The van der Waals surface area contributed by atoms with Crippen LogP contribution < -0.4 is 20.5 Å². The topological polar surface area (TPSA) is 112 Å². The average molecular weight is 534 g/mol. The lowest BCUT2D eigenvalue weighted by molar-refractivity contribution is 0.269. The third kappa shape index (κ3) is 6.47. The molecule has 4 aromatic rings. The zero-order valence-corrected chi connectivity index (χ0v) is 21.2. The summed E-state index contributed by atoms with van der Waals surface area (Å²) in [5.41, 5.74) is 4.51. The highest BCUT2D eigenvalue weighted by Crippen LogP contribution is 2.30.